The molecule has 0 heterocycles. The molecule has 2 heteroatoms. The summed E-state index contributed by atoms with van der Waals surface area (Å²) in [6, 6.07) is 0.405. The van der Waals surface area contributed by atoms with Crippen molar-refractivity contribution in [2.75, 3.05) is 13.2 Å². The standard InChI is InChI=1S/C13H27NO/c1-6-9-12(14-10-7-2)13(11(4)5)15-8-3/h6,11-14H,1,7-10H2,2-5H3. The van der Waals surface area contributed by atoms with Crippen molar-refractivity contribution in [3.63, 3.8) is 0 Å². The lowest BCUT2D eigenvalue weighted by Gasteiger charge is -2.30. The molecule has 2 nitrogen and oxygen atoms in total. The maximum absolute atomic E-state index is 5.80. The molecule has 0 spiro atoms. The minimum Gasteiger partial charge on any atom is -0.377 e. The van der Waals surface area contributed by atoms with E-state index in [-0.39, 0.29) is 0 Å². The maximum Gasteiger partial charge on any atom is 0.0753 e. The van der Waals surface area contributed by atoms with Gasteiger partial charge in [0, 0.05) is 12.6 Å². The van der Waals surface area contributed by atoms with Crippen LogP contribution >= 0.6 is 0 Å². The molecule has 0 aliphatic heterocycles. The first-order valence-electron chi connectivity index (χ1n) is 6.13. The van der Waals surface area contributed by atoms with Crippen LogP contribution in [0.4, 0.5) is 0 Å². The Labute approximate surface area is 95.1 Å². The maximum atomic E-state index is 5.80. The molecule has 90 valence electrons. The molecule has 0 amide bonds. The molecule has 1 N–H and O–H groups in total. The molecule has 2 atom stereocenters. The highest BCUT2D eigenvalue weighted by molar-refractivity contribution is 4.86. The lowest BCUT2D eigenvalue weighted by molar-refractivity contribution is 0.00426. The van der Waals surface area contributed by atoms with Gasteiger partial charge in [-0.1, -0.05) is 26.8 Å². The quantitative estimate of drug-likeness (QED) is 0.595. The Morgan fingerprint density at radius 1 is 1.33 bits per heavy atom. The van der Waals surface area contributed by atoms with Crippen molar-refractivity contribution in [3.8, 4) is 0 Å². The molecule has 0 radical (unpaired) electrons. The van der Waals surface area contributed by atoms with Crippen LogP contribution in [0.25, 0.3) is 0 Å². The van der Waals surface area contributed by atoms with Gasteiger partial charge in [0.05, 0.1) is 6.10 Å². The molecule has 0 aliphatic rings. The summed E-state index contributed by atoms with van der Waals surface area (Å²) in [5.74, 6) is 0.541. The van der Waals surface area contributed by atoms with E-state index in [1.165, 1.54) is 0 Å². The predicted octanol–water partition coefficient (Wildman–Crippen LogP) is 2.99. The molecule has 0 aromatic rings. The van der Waals surface area contributed by atoms with Crippen molar-refractivity contribution in [3.05, 3.63) is 12.7 Å². The number of hydrogen-bond donors (Lipinski definition) is 1. The number of rotatable bonds is 9. The van der Waals surface area contributed by atoms with Gasteiger partial charge in [-0.2, -0.15) is 0 Å². The van der Waals surface area contributed by atoms with E-state index in [0.717, 1.165) is 26.0 Å². The Bertz CT molecular complexity index is 157. The Kier molecular flexibility index (Phi) is 8.73. The first-order valence-corrected chi connectivity index (χ1v) is 6.13. The summed E-state index contributed by atoms with van der Waals surface area (Å²) in [5.41, 5.74) is 0. The van der Waals surface area contributed by atoms with Gasteiger partial charge in [0.1, 0.15) is 0 Å². The van der Waals surface area contributed by atoms with Gasteiger partial charge in [0.2, 0.25) is 0 Å². The molecule has 0 aliphatic carbocycles. The summed E-state index contributed by atoms with van der Waals surface area (Å²) in [5, 5.41) is 3.54. The Morgan fingerprint density at radius 3 is 2.40 bits per heavy atom. The highest BCUT2D eigenvalue weighted by atomic mass is 16.5. The van der Waals surface area contributed by atoms with E-state index in [2.05, 4.69) is 39.6 Å². The molecule has 0 saturated heterocycles. The SMILES string of the molecule is C=CCC(NCCC)C(OCC)C(C)C. The van der Waals surface area contributed by atoms with Crippen molar-refractivity contribution >= 4 is 0 Å². The Balaban J connectivity index is 4.29. The lowest BCUT2D eigenvalue weighted by atomic mass is 9.96. The van der Waals surface area contributed by atoms with E-state index < -0.39 is 0 Å². The van der Waals surface area contributed by atoms with Gasteiger partial charge in [0.25, 0.3) is 0 Å². The summed E-state index contributed by atoms with van der Waals surface area (Å²) in [4.78, 5) is 0. The van der Waals surface area contributed by atoms with Crippen molar-refractivity contribution in [2.45, 2.75) is 52.7 Å². The van der Waals surface area contributed by atoms with E-state index >= 15 is 0 Å². The van der Waals surface area contributed by atoms with Crippen LogP contribution in [-0.4, -0.2) is 25.3 Å². The second kappa shape index (κ2) is 8.93. The molecule has 0 bridgehead atoms. The second-order valence-electron chi connectivity index (χ2n) is 4.25. The first-order chi connectivity index (χ1) is 7.17. The van der Waals surface area contributed by atoms with Crippen molar-refractivity contribution in [1.29, 1.82) is 0 Å². The highest BCUT2D eigenvalue weighted by Crippen LogP contribution is 2.14. The average molecular weight is 213 g/mol. The smallest absolute Gasteiger partial charge is 0.0753 e. The summed E-state index contributed by atoms with van der Waals surface area (Å²) in [6.45, 7) is 14.3. The summed E-state index contributed by atoms with van der Waals surface area (Å²) < 4.78 is 5.80. The van der Waals surface area contributed by atoms with Crippen molar-refractivity contribution in [2.24, 2.45) is 5.92 Å². The van der Waals surface area contributed by atoms with E-state index in [1.807, 2.05) is 6.08 Å². The minimum absolute atomic E-state index is 0.291. The zero-order chi connectivity index (χ0) is 11.7. The van der Waals surface area contributed by atoms with Crippen LogP contribution in [0, 0.1) is 5.92 Å². The van der Waals surface area contributed by atoms with E-state index in [4.69, 9.17) is 4.74 Å². The van der Waals surface area contributed by atoms with Gasteiger partial charge in [-0.3, -0.25) is 0 Å². The summed E-state index contributed by atoms with van der Waals surface area (Å²) >= 11 is 0. The molecular weight excluding hydrogens is 186 g/mol. The van der Waals surface area contributed by atoms with Gasteiger partial charge >= 0.3 is 0 Å². The van der Waals surface area contributed by atoms with Gasteiger partial charge in [-0.15, -0.1) is 6.58 Å². The van der Waals surface area contributed by atoms with E-state index in [9.17, 15) is 0 Å². The van der Waals surface area contributed by atoms with Crippen LogP contribution in [0.2, 0.25) is 0 Å². The fourth-order valence-corrected chi connectivity index (χ4v) is 1.81. The fraction of sp³-hybridized carbons (Fsp3) is 0.846. The highest BCUT2D eigenvalue weighted by Gasteiger charge is 2.23. The van der Waals surface area contributed by atoms with E-state index in [1.54, 1.807) is 0 Å². The third kappa shape index (κ3) is 5.95. The minimum atomic E-state index is 0.291. The zero-order valence-electron chi connectivity index (χ0n) is 10.8. The van der Waals surface area contributed by atoms with Gasteiger partial charge < -0.3 is 10.1 Å². The van der Waals surface area contributed by atoms with Crippen molar-refractivity contribution in [1.82, 2.24) is 5.32 Å². The topological polar surface area (TPSA) is 21.3 Å². The number of ether oxygens (including phenoxy) is 1. The largest absolute Gasteiger partial charge is 0.377 e. The monoisotopic (exact) mass is 213 g/mol. The summed E-state index contributed by atoms with van der Waals surface area (Å²) in [7, 11) is 0. The van der Waals surface area contributed by atoms with Gasteiger partial charge in [-0.25, -0.2) is 0 Å². The third-order valence-electron chi connectivity index (χ3n) is 2.49. The normalized spacial score (nSPS) is 15.3. The Hall–Kier alpha value is -0.340. The average Bonchev–Trinajstić information content (AvgIpc) is 2.21. The molecule has 0 fully saturated rings. The zero-order valence-corrected chi connectivity index (χ0v) is 10.8. The molecule has 0 aromatic carbocycles. The fourth-order valence-electron chi connectivity index (χ4n) is 1.81. The van der Waals surface area contributed by atoms with Gasteiger partial charge in [-0.05, 0) is 32.2 Å². The lowest BCUT2D eigenvalue weighted by Crippen LogP contribution is -2.44. The van der Waals surface area contributed by atoms with E-state index in [0.29, 0.717) is 18.1 Å². The predicted molar refractivity (Wildman–Crippen MR) is 67.1 cm³/mol. The molecule has 0 aromatic heterocycles. The number of nitrogens with one attached hydrogen (secondary N) is 1. The number of hydrogen-bond acceptors (Lipinski definition) is 2. The third-order valence-corrected chi connectivity index (χ3v) is 2.49. The van der Waals surface area contributed by atoms with Crippen LogP contribution in [-0.2, 0) is 4.74 Å². The van der Waals surface area contributed by atoms with Gasteiger partial charge in [0.15, 0.2) is 0 Å². The van der Waals surface area contributed by atoms with Crippen LogP contribution in [0.1, 0.15) is 40.5 Å². The van der Waals surface area contributed by atoms with Crippen molar-refractivity contribution < 1.29 is 4.74 Å². The second-order valence-corrected chi connectivity index (χ2v) is 4.25. The first kappa shape index (κ1) is 14.7. The molecule has 0 saturated carbocycles. The molecule has 15 heavy (non-hydrogen) atoms. The van der Waals surface area contributed by atoms with Crippen LogP contribution in [0.3, 0.4) is 0 Å². The summed E-state index contributed by atoms with van der Waals surface area (Å²) in [6.07, 6.45) is 4.40. The van der Waals surface area contributed by atoms with Crippen LogP contribution in [0.15, 0.2) is 12.7 Å². The molecule has 2 unspecified atom stereocenters. The van der Waals surface area contributed by atoms with Crippen LogP contribution in [0.5, 0.6) is 0 Å². The van der Waals surface area contributed by atoms with Crippen LogP contribution < -0.4 is 5.32 Å². The Morgan fingerprint density at radius 2 is 2.00 bits per heavy atom. The molecule has 0 rings (SSSR count). The molecular formula is C13H27NO.